The minimum atomic E-state index is -0.676. The van der Waals surface area contributed by atoms with Crippen molar-refractivity contribution in [3.63, 3.8) is 0 Å². The second-order valence-electron chi connectivity index (χ2n) is 9.42. The first-order valence-corrected chi connectivity index (χ1v) is 12.5. The summed E-state index contributed by atoms with van der Waals surface area (Å²) in [5.41, 5.74) is 1.49. The lowest BCUT2D eigenvalue weighted by atomic mass is 9.77. The van der Waals surface area contributed by atoms with Crippen LogP contribution < -0.4 is 4.90 Å². The maximum absolute atomic E-state index is 13.7. The zero-order valence-corrected chi connectivity index (χ0v) is 20.3. The van der Waals surface area contributed by atoms with Crippen molar-refractivity contribution in [3.05, 3.63) is 51.7 Å². The third-order valence-corrected chi connectivity index (χ3v) is 7.60. The molecule has 34 heavy (non-hydrogen) atoms. The van der Waals surface area contributed by atoms with Crippen LogP contribution in [-0.4, -0.2) is 41.1 Å². The fourth-order valence-corrected chi connectivity index (χ4v) is 6.13. The van der Waals surface area contributed by atoms with Crippen molar-refractivity contribution >= 4 is 34.1 Å². The molecule has 178 valence electrons. The lowest BCUT2D eigenvalue weighted by molar-refractivity contribution is -0.131. The third kappa shape index (κ3) is 3.81. The van der Waals surface area contributed by atoms with E-state index in [1.807, 2.05) is 0 Å². The number of nitrogens with zero attached hydrogens (tertiary/aromatic N) is 3. The van der Waals surface area contributed by atoms with Crippen molar-refractivity contribution < 1.29 is 23.9 Å². The van der Waals surface area contributed by atoms with Gasteiger partial charge in [-0.3, -0.25) is 14.5 Å². The number of ether oxygens (including phenoxy) is 2. The van der Waals surface area contributed by atoms with Gasteiger partial charge in [0.15, 0.2) is 11.5 Å². The van der Waals surface area contributed by atoms with Crippen LogP contribution in [0.2, 0.25) is 0 Å². The van der Waals surface area contributed by atoms with E-state index in [4.69, 9.17) is 9.47 Å². The van der Waals surface area contributed by atoms with Gasteiger partial charge in [0.1, 0.15) is 11.1 Å². The Hall–Kier alpha value is -3.07. The lowest BCUT2D eigenvalue weighted by Gasteiger charge is -2.35. The molecule has 0 spiro atoms. The number of aromatic nitrogens is 2. The molecule has 8 nitrogen and oxygen atoms in total. The molecule has 1 fully saturated rings. The fourth-order valence-electron chi connectivity index (χ4n) is 5.05. The number of carbonyl (C=O) groups is 3. The quantitative estimate of drug-likeness (QED) is 0.595. The molecule has 1 aliphatic carbocycles. The van der Waals surface area contributed by atoms with Gasteiger partial charge in [0.2, 0.25) is 5.13 Å². The molecule has 0 saturated heterocycles. The minimum Gasteiger partial charge on any atom is -0.483 e. The molecule has 9 heteroatoms. The predicted molar refractivity (Wildman–Crippen MR) is 125 cm³/mol. The van der Waals surface area contributed by atoms with E-state index in [2.05, 4.69) is 24.0 Å². The highest BCUT2D eigenvalue weighted by molar-refractivity contribution is 7.15. The summed E-state index contributed by atoms with van der Waals surface area (Å²) in [6, 6.07) is 6.12. The van der Waals surface area contributed by atoms with Crippen molar-refractivity contribution in [2.75, 3.05) is 12.0 Å². The molecular formula is C25H27N3O5S. The number of fused-ring (bicyclic) bond motifs is 1. The number of amides is 1. The summed E-state index contributed by atoms with van der Waals surface area (Å²) in [6.45, 7) is 4.20. The average molecular weight is 482 g/mol. The van der Waals surface area contributed by atoms with Gasteiger partial charge >= 0.3 is 5.97 Å². The second kappa shape index (κ2) is 8.94. The van der Waals surface area contributed by atoms with Crippen LogP contribution in [0.15, 0.2) is 35.6 Å². The smallest absolute Gasteiger partial charge is 0.337 e. The van der Waals surface area contributed by atoms with E-state index in [0.717, 1.165) is 37.1 Å². The Balaban J connectivity index is 1.58. The maximum Gasteiger partial charge on any atom is 0.337 e. The normalized spacial score (nSPS) is 24.2. The van der Waals surface area contributed by atoms with E-state index >= 15 is 0 Å². The Morgan fingerprint density at radius 3 is 2.62 bits per heavy atom. The molecule has 1 aromatic heterocycles. The third-order valence-electron chi connectivity index (χ3n) is 6.66. The van der Waals surface area contributed by atoms with E-state index in [-0.39, 0.29) is 29.5 Å². The first kappa shape index (κ1) is 22.7. The van der Waals surface area contributed by atoms with Crippen LogP contribution in [0.1, 0.15) is 66.5 Å². The lowest BCUT2D eigenvalue weighted by Crippen LogP contribution is -2.39. The summed E-state index contributed by atoms with van der Waals surface area (Å²) in [4.78, 5) is 40.8. The zero-order chi connectivity index (χ0) is 24.0. The molecule has 1 saturated carbocycles. The van der Waals surface area contributed by atoms with E-state index < -0.39 is 12.0 Å². The summed E-state index contributed by atoms with van der Waals surface area (Å²) < 4.78 is 11.0. The summed E-state index contributed by atoms with van der Waals surface area (Å²) in [7, 11) is 1.33. The van der Waals surface area contributed by atoms with Crippen molar-refractivity contribution in [3.8, 4) is 0 Å². The Kier molecular flexibility index (Phi) is 5.97. The number of anilines is 1. The molecule has 3 heterocycles. The molecule has 1 amide bonds. The number of hydrogen-bond donors (Lipinski definition) is 0. The van der Waals surface area contributed by atoms with Crippen LogP contribution in [0.4, 0.5) is 5.13 Å². The Labute approximate surface area is 202 Å². The minimum absolute atomic E-state index is 0.0178. The second-order valence-corrected chi connectivity index (χ2v) is 10.5. The van der Waals surface area contributed by atoms with Crippen LogP contribution >= 0.6 is 11.3 Å². The molecule has 3 aliphatic rings. The van der Waals surface area contributed by atoms with Crippen molar-refractivity contribution in [1.82, 2.24) is 10.2 Å². The number of hydrogen-bond acceptors (Lipinski definition) is 8. The van der Waals surface area contributed by atoms with E-state index in [1.165, 1.54) is 23.3 Å². The van der Waals surface area contributed by atoms with Gasteiger partial charge in [-0.2, -0.15) is 0 Å². The highest BCUT2D eigenvalue weighted by Crippen LogP contribution is 2.48. The summed E-state index contributed by atoms with van der Waals surface area (Å²) in [5, 5.41) is 9.88. The number of ketones is 1. The topological polar surface area (TPSA) is 98.7 Å². The van der Waals surface area contributed by atoms with Gasteiger partial charge in [-0.25, -0.2) is 4.79 Å². The number of rotatable bonds is 5. The van der Waals surface area contributed by atoms with E-state index in [1.54, 1.807) is 24.3 Å². The first-order chi connectivity index (χ1) is 16.4. The summed E-state index contributed by atoms with van der Waals surface area (Å²) in [5.74, 6) is -0.525. The summed E-state index contributed by atoms with van der Waals surface area (Å²) in [6.07, 6.45) is 4.00. The van der Waals surface area contributed by atoms with Crippen LogP contribution in [-0.2, 0) is 25.5 Å². The van der Waals surface area contributed by atoms with Gasteiger partial charge in [-0.15, -0.1) is 10.2 Å². The summed E-state index contributed by atoms with van der Waals surface area (Å²) >= 11 is 1.36. The van der Waals surface area contributed by atoms with Crippen molar-refractivity contribution in [2.24, 2.45) is 11.8 Å². The highest BCUT2D eigenvalue weighted by Gasteiger charge is 2.53. The zero-order valence-electron chi connectivity index (χ0n) is 19.4. The van der Waals surface area contributed by atoms with Crippen molar-refractivity contribution in [1.29, 1.82) is 0 Å². The highest BCUT2D eigenvalue weighted by atomic mass is 32.1. The van der Waals surface area contributed by atoms with Gasteiger partial charge < -0.3 is 9.47 Å². The van der Waals surface area contributed by atoms with Gasteiger partial charge in [-0.1, -0.05) is 43.7 Å². The van der Waals surface area contributed by atoms with E-state index in [0.29, 0.717) is 27.7 Å². The van der Waals surface area contributed by atoms with Gasteiger partial charge in [-0.05, 0) is 42.9 Å². The number of benzene rings is 1. The molecular weight excluding hydrogens is 454 g/mol. The number of esters is 1. The molecule has 1 aromatic carbocycles. The molecule has 3 unspecified atom stereocenters. The van der Waals surface area contributed by atoms with Crippen LogP contribution in [0.3, 0.4) is 0 Å². The monoisotopic (exact) mass is 481 g/mol. The van der Waals surface area contributed by atoms with Crippen molar-refractivity contribution in [2.45, 2.75) is 58.1 Å². The standard InChI is InChI=1S/C25H27N3O5S/c1-13(2)12-18-26-27-25(34-18)28-20(14-8-10-15(11-9-14)24(31)32-3)19-21(29)16-6-4-5-7-17(16)33-22(19)23(28)30/h8-11,13,16-17,20H,4-7,12H2,1-3H3. The average Bonchev–Trinajstić information content (AvgIpc) is 3.40. The Morgan fingerprint density at radius 1 is 1.18 bits per heavy atom. The Bertz CT molecular complexity index is 1170. The predicted octanol–water partition coefficient (Wildman–Crippen LogP) is 4.02. The number of Topliss-reactive ketones (excluding diaryl/α,β-unsaturated/α-hetero) is 1. The molecule has 2 aliphatic heterocycles. The van der Waals surface area contributed by atoms with Gasteiger partial charge in [0.25, 0.3) is 5.91 Å². The maximum atomic E-state index is 13.7. The van der Waals surface area contributed by atoms with Gasteiger partial charge in [0.05, 0.1) is 30.2 Å². The number of carbonyl (C=O) groups excluding carboxylic acids is 3. The first-order valence-electron chi connectivity index (χ1n) is 11.7. The van der Waals surface area contributed by atoms with E-state index in [9.17, 15) is 14.4 Å². The van der Waals surface area contributed by atoms with Crippen LogP contribution in [0.25, 0.3) is 0 Å². The SMILES string of the molecule is COC(=O)c1ccc(C2C3=C(OC4CCCCC4C3=O)C(=O)N2c2nnc(CC(C)C)s2)cc1. The molecule has 5 rings (SSSR count). The molecule has 0 N–H and O–H groups in total. The molecule has 0 bridgehead atoms. The van der Waals surface area contributed by atoms with Crippen LogP contribution in [0, 0.1) is 11.8 Å². The number of methoxy groups -OCH3 is 1. The molecule has 3 atom stereocenters. The Morgan fingerprint density at radius 2 is 1.91 bits per heavy atom. The van der Waals surface area contributed by atoms with Gasteiger partial charge in [0, 0.05) is 6.42 Å². The largest absolute Gasteiger partial charge is 0.483 e. The fraction of sp³-hybridized carbons (Fsp3) is 0.480. The molecule has 0 radical (unpaired) electrons. The van der Waals surface area contributed by atoms with Crippen LogP contribution in [0.5, 0.6) is 0 Å². The molecule has 2 aromatic rings.